The molecule has 1 aliphatic heterocycles. The summed E-state index contributed by atoms with van der Waals surface area (Å²) in [5, 5.41) is 3.52. The maximum absolute atomic E-state index is 14.8. The Balaban J connectivity index is 1.89. The normalized spacial score (nSPS) is 24.7. The third-order valence-electron chi connectivity index (χ3n) is 5.98. The molecule has 3 rings (SSSR count). The van der Waals surface area contributed by atoms with Crippen LogP contribution in [0.25, 0.3) is 0 Å². The highest BCUT2D eigenvalue weighted by Gasteiger charge is 2.42. The second kappa shape index (κ2) is 8.36. The lowest BCUT2D eigenvalue weighted by Crippen LogP contribution is -2.42. The minimum absolute atomic E-state index is 0.142. The Hall–Kier alpha value is -0.690. The number of hydrogen-bond donors (Lipinski definition) is 1. The van der Waals surface area contributed by atoms with E-state index in [1.54, 1.807) is 10.6 Å². The third-order valence-corrected chi connectivity index (χ3v) is 7.86. The number of hydrogen-bond acceptors (Lipinski definition) is 2. The highest BCUT2D eigenvalue weighted by Crippen LogP contribution is 2.50. The van der Waals surface area contributed by atoms with Crippen molar-refractivity contribution in [1.82, 2.24) is 9.62 Å². The van der Waals surface area contributed by atoms with Gasteiger partial charge in [0.05, 0.1) is 33.0 Å². The summed E-state index contributed by atoms with van der Waals surface area (Å²) in [6.45, 7) is 3.14. The van der Waals surface area contributed by atoms with E-state index in [1.165, 1.54) is 12.1 Å². The lowest BCUT2D eigenvalue weighted by atomic mass is 9.76. The average molecular weight is 435 g/mol. The van der Waals surface area contributed by atoms with Gasteiger partial charge in [-0.3, -0.25) is 4.79 Å². The van der Waals surface area contributed by atoms with Crippen molar-refractivity contribution in [3.8, 4) is 0 Å². The summed E-state index contributed by atoms with van der Waals surface area (Å²) >= 11 is 12.5. The lowest BCUT2D eigenvalue weighted by Gasteiger charge is -2.36. The molecule has 1 aromatic rings. The second-order valence-electron chi connectivity index (χ2n) is 7.86. The monoisotopic (exact) mass is 434 g/mol. The van der Waals surface area contributed by atoms with E-state index in [-0.39, 0.29) is 32.8 Å². The SMILES string of the molecule is CS(=O)N1CC[C@@H](C(=O)NC(c2c(F)ccc(Cl)c2Cl)C2(C)CCCC2)C1. The number of rotatable bonds is 5. The first-order chi connectivity index (χ1) is 12.7. The largest absolute Gasteiger partial charge is 0.348 e. The Labute approximate surface area is 172 Å². The maximum Gasteiger partial charge on any atom is 0.224 e. The maximum atomic E-state index is 14.8. The summed E-state index contributed by atoms with van der Waals surface area (Å²) < 4.78 is 28.2. The van der Waals surface area contributed by atoms with Crippen LogP contribution < -0.4 is 5.32 Å². The number of nitrogens with one attached hydrogen (secondary N) is 1. The van der Waals surface area contributed by atoms with Crippen LogP contribution in [0.1, 0.15) is 50.6 Å². The molecule has 0 aromatic heterocycles. The fourth-order valence-electron chi connectivity index (χ4n) is 4.31. The molecule has 2 fully saturated rings. The van der Waals surface area contributed by atoms with Crippen molar-refractivity contribution in [1.29, 1.82) is 0 Å². The predicted octanol–water partition coefficient (Wildman–Crippen LogP) is 4.49. The predicted molar refractivity (Wildman–Crippen MR) is 108 cm³/mol. The van der Waals surface area contributed by atoms with Gasteiger partial charge in [-0.25, -0.2) is 12.9 Å². The highest BCUT2D eigenvalue weighted by molar-refractivity contribution is 7.81. The van der Waals surface area contributed by atoms with E-state index in [9.17, 15) is 13.4 Å². The van der Waals surface area contributed by atoms with Crippen molar-refractivity contribution < 1.29 is 13.4 Å². The van der Waals surface area contributed by atoms with Crippen LogP contribution >= 0.6 is 23.2 Å². The van der Waals surface area contributed by atoms with Crippen LogP contribution in [0.2, 0.25) is 10.0 Å². The van der Waals surface area contributed by atoms with Gasteiger partial charge in [-0.2, -0.15) is 0 Å². The zero-order chi connectivity index (χ0) is 19.8. The summed E-state index contributed by atoms with van der Waals surface area (Å²) in [5.41, 5.74) is -0.00714. The van der Waals surface area contributed by atoms with Crippen LogP contribution in [0.15, 0.2) is 12.1 Å². The number of benzene rings is 1. The molecule has 1 saturated carbocycles. The first-order valence-electron chi connectivity index (χ1n) is 9.25. The van der Waals surface area contributed by atoms with Crippen molar-refractivity contribution in [3.05, 3.63) is 33.6 Å². The van der Waals surface area contributed by atoms with Crippen molar-refractivity contribution in [2.75, 3.05) is 19.3 Å². The summed E-state index contributed by atoms with van der Waals surface area (Å²) in [4.78, 5) is 13.0. The minimum Gasteiger partial charge on any atom is -0.348 e. The molecule has 8 heteroatoms. The van der Waals surface area contributed by atoms with E-state index in [1.807, 2.05) is 0 Å². The molecule has 1 saturated heterocycles. The van der Waals surface area contributed by atoms with Gasteiger partial charge >= 0.3 is 0 Å². The number of carbonyl (C=O) groups excluding carboxylic acids is 1. The van der Waals surface area contributed by atoms with E-state index < -0.39 is 22.8 Å². The van der Waals surface area contributed by atoms with Gasteiger partial charge in [0.2, 0.25) is 5.91 Å². The summed E-state index contributed by atoms with van der Waals surface area (Å²) in [5.74, 6) is -0.857. The Bertz CT molecular complexity index is 755. The molecule has 0 radical (unpaired) electrons. The molecule has 2 unspecified atom stereocenters. The van der Waals surface area contributed by atoms with Crippen LogP contribution in [0.3, 0.4) is 0 Å². The van der Waals surface area contributed by atoms with E-state index in [0.717, 1.165) is 25.7 Å². The summed E-state index contributed by atoms with van der Waals surface area (Å²) in [7, 11) is -1.09. The molecule has 3 atom stereocenters. The van der Waals surface area contributed by atoms with Crippen LogP contribution in [-0.2, 0) is 15.8 Å². The standard InChI is InChI=1S/C19H25Cl2FN2O2S/c1-19(8-3-4-9-19)17(15-14(22)6-5-13(20)16(15)21)23-18(25)12-7-10-24(11-12)27(2)26/h5-6,12,17H,3-4,7-11H2,1-2H3,(H,23,25)/t12-,17?,27?/m1/s1. The molecule has 27 heavy (non-hydrogen) atoms. The Morgan fingerprint density at radius 1 is 1.37 bits per heavy atom. The number of halogens is 3. The molecule has 1 aliphatic carbocycles. The minimum atomic E-state index is -1.09. The molecule has 1 N–H and O–H groups in total. The third kappa shape index (κ3) is 4.34. The second-order valence-corrected chi connectivity index (χ2v) is 10.0. The average Bonchev–Trinajstić information content (AvgIpc) is 3.27. The van der Waals surface area contributed by atoms with Gasteiger partial charge in [0.25, 0.3) is 0 Å². The molecule has 0 spiro atoms. The van der Waals surface area contributed by atoms with Gasteiger partial charge in [-0.15, -0.1) is 0 Å². The summed E-state index contributed by atoms with van der Waals surface area (Å²) in [6, 6.07) is 2.20. The molecule has 1 heterocycles. The van der Waals surface area contributed by atoms with Crippen LogP contribution in [0, 0.1) is 17.2 Å². The van der Waals surface area contributed by atoms with Gasteiger partial charge in [0.1, 0.15) is 5.82 Å². The first kappa shape index (κ1) is 21.0. The van der Waals surface area contributed by atoms with Gasteiger partial charge in [0.15, 0.2) is 0 Å². The molecule has 4 nitrogen and oxygen atoms in total. The number of amides is 1. The Kier molecular flexibility index (Phi) is 6.51. The molecule has 2 aliphatic rings. The highest BCUT2D eigenvalue weighted by atomic mass is 35.5. The quantitative estimate of drug-likeness (QED) is 0.694. The number of nitrogens with zero attached hydrogens (tertiary/aromatic N) is 1. The molecular formula is C19H25Cl2FN2O2S. The Morgan fingerprint density at radius 2 is 2.04 bits per heavy atom. The van der Waals surface area contributed by atoms with Crippen molar-refractivity contribution >= 4 is 40.1 Å². The number of carbonyl (C=O) groups is 1. The fraction of sp³-hybridized carbons (Fsp3) is 0.632. The van der Waals surface area contributed by atoms with Gasteiger partial charge in [0, 0.05) is 24.9 Å². The fourth-order valence-corrected chi connectivity index (χ4v) is 5.49. The van der Waals surface area contributed by atoms with E-state index in [4.69, 9.17) is 23.2 Å². The van der Waals surface area contributed by atoms with Crippen LogP contribution in [0.5, 0.6) is 0 Å². The van der Waals surface area contributed by atoms with Gasteiger partial charge in [-0.1, -0.05) is 43.0 Å². The Morgan fingerprint density at radius 3 is 2.63 bits per heavy atom. The molecule has 0 bridgehead atoms. The zero-order valence-corrected chi connectivity index (χ0v) is 17.9. The van der Waals surface area contributed by atoms with Crippen LogP contribution in [0.4, 0.5) is 4.39 Å². The van der Waals surface area contributed by atoms with Gasteiger partial charge < -0.3 is 5.32 Å². The van der Waals surface area contributed by atoms with Crippen molar-refractivity contribution in [2.45, 2.75) is 45.1 Å². The van der Waals surface area contributed by atoms with Crippen molar-refractivity contribution in [3.63, 3.8) is 0 Å². The van der Waals surface area contributed by atoms with Crippen LogP contribution in [-0.4, -0.2) is 33.8 Å². The molecule has 150 valence electrons. The molecular weight excluding hydrogens is 410 g/mol. The zero-order valence-electron chi connectivity index (χ0n) is 15.6. The first-order valence-corrected chi connectivity index (χ1v) is 11.5. The van der Waals surface area contributed by atoms with Gasteiger partial charge in [-0.05, 0) is 36.8 Å². The van der Waals surface area contributed by atoms with E-state index >= 15 is 0 Å². The lowest BCUT2D eigenvalue weighted by molar-refractivity contribution is -0.126. The van der Waals surface area contributed by atoms with Crippen molar-refractivity contribution in [2.24, 2.45) is 11.3 Å². The topological polar surface area (TPSA) is 49.4 Å². The smallest absolute Gasteiger partial charge is 0.224 e. The molecule has 1 amide bonds. The van der Waals surface area contributed by atoms with E-state index in [0.29, 0.717) is 19.5 Å². The van der Waals surface area contributed by atoms with E-state index in [2.05, 4.69) is 12.2 Å². The molecule has 1 aromatic carbocycles. The summed E-state index contributed by atoms with van der Waals surface area (Å²) in [6.07, 6.45) is 6.10.